The summed E-state index contributed by atoms with van der Waals surface area (Å²) in [6.07, 6.45) is 4.92. The summed E-state index contributed by atoms with van der Waals surface area (Å²) in [6, 6.07) is 17.6. The van der Waals surface area contributed by atoms with Gasteiger partial charge in [-0.05, 0) is 68.5 Å². The van der Waals surface area contributed by atoms with Gasteiger partial charge >= 0.3 is 0 Å². The van der Waals surface area contributed by atoms with Gasteiger partial charge in [-0.3, -0.25) is 24.0 Å². The van der Waals surface area contributed by atoms with E-state index in [1.54, 1.807) is 6.92 Å². The van der Waals surface area contributed by atoms with Crippen molar-refractivity contribution >= 4 is 29.3 Å². The summed E-state index contributed by atoms with van der Waals surface area (Å²) in [7, 11) is 0. The van der Waals surface area contributed by atoms with Crippen molar-refractivity contribution in [3.63, 3.8) is 0 Å². The molecule has 10 heteroatoms. The highest BCUT2D eigenvalue weighted by Crippen LogP contribution is 2.41. The molecule has 0 aromatic heterocycles. The normalized spacial score (nSPS) is 17.7. The van der Waals surface area contributed by atoms with Crippen molar-refractivity contribution in [2.24, 2.45) is 34.6 Å². The molecule has 5 N–H and O–H groups in total. The van der Waals surface area contributed by atoms with Crippen molar-refractivity contribution in [1.82, 2.24) is 15.1 Å². The number of nitrogens with two attached hydrogens (primary N) is 2. The maximum atomic E-state index is 14.1. The molecule has 0 saturated carbocycles. The fraction of sp³-hybridized carbons (Fsp3) is 0.585. The molecule has 0 aliphatic carbocycles. The van der Waals surface area contributed by atoms with Crippen molar-refractivity contribution in [3.8, 4) is 0 Å². The third-order valence-corrected chi connectivity index (χ3v) is 10.7. The van der Waals surface area contributed by atoms with E-state index >= 15 is 0 Å². The van der Waals surface area contributed by atoms with Gasteiger partial charge < -0.3 is 26.6 Å². The lowest BCUT2D eigenvalue weighted by molar-refractivity contribution is -0.155. The number of hydrogen-bond donors (Lipinski definition) is 3. The zero-order valence-corrected chi connectivity index (χ0v) is 30.9. The summed E-state index contributed by atoms with van der Waals surface area (Å²) in [6.45, 7) is 8.82. The number of nitrogens with one attached hydrogen (secondary N) is 1. The molecule has 4 rings (SSSR count). The number of ketones is 2. The van der Waals surface area contributed by atoms with Crippen LogP contribution in [-0.2, 0) is 36.8 Å². The molecule has 2 saturated heterocycles. The lowest BCUT2D eigenvalue weighted by Gasteiger charge is -2.54. The Kier molecular flexibility index (Phi) is 14.9. The van der Waals surface area contributed by atoms with Crippen molar-refractivity contribution in [2.45, 2.75) is 97.1 Å². The zero-order valence-electron chi connectivity index (χ0n) is 30.9. The second kappa shape index (κ2) is 19.1. The first-order chi connectivity index (χ1) is 24.4. The summed E-state index contributed by atoms with van der Waals surface area (Å²) in [5, 5.41) is 3.03. The molecular formula is C41H59N5O5. The van der Waals surface area contributed by atoms with Crippen LogP contribution in [0, 0.1) is 23.2 Å². The molecule has 2 aromatic rings. The molecule has 2 aromatic carbocycles. The van der Waals surface area contributed by atoms with Crippen LogP contribution in [0.4, 0.5) is 0 Å². The maximum absolute atomic E-state index is 14.1. The number of carbonyl (C=O) groups excluding carboxylic acids is 5. The van der Waals surface area contributed by atoms with Crippen LogP contribution in [0.1, 0.15) is 83.3 Å². The Morgan fingerprint density at radius 2 is 1.35 bits per heavy atom. The van der Waals surface area contributed by atoms with Gasteiger partial charge in [0, 0.05) is 63.2 Å². The Hall–Kier alpha value is -3.89. The molecule has 2 aliphatic heterocycles. The van der Waals surface area contributed by atoms with Gasteiger partial charge in [0.05, 0.1) is 12.1 Å². The summed E-state index contributed by atoms with van der Waals surface area (Å²) in [4.78, 5) is 71.0. The minimum Gasteiger partial charge on any atom is -0.346 e. The first kappa shape index (κ1) is 39.9. The van der Waals surface area contributed by atoms with Gasteiger partial charge in [0.1, 0.15) is 0 Å². The van der Waals surface area contributed by atoms with Gasteiger partial charge in [0.15, 0.2) is 11.6 Å². The Morgan fingerprint density at radius 1 is 0.784 bits per heavy atom. The topological polar surface area (TPSA) is 156 Å². The number of unbranched alkanes of at least 4 members (excludes halogenated alkanes) is 1. The second-order valence-electron chi connectivity index (χ2n) is 15.4. The zero-order chi connectivity index (χ0) is 37.0. The molecule has 0 unspecified atom stereocenters. The van der Waals surface area contributed by atoms with Crippen molar-refractivity contribution in [1.29, 1.82) is 0 Å². The van der Waals surface area contributed by atoms with Crippen LogP contribution < -0.4 is 16.8 Å². The lowest BCUT2D eigenvalue weighted by Crippen LogP contribution is -2.63. The Morgan fingerprint density at radius 3 is 1.90 bits per heavy atom. The second-order valence-corrected chi connectivity index (χ2v) is 15.4. The molecule has 51 heavy (non-hydrogen) atoms. The monoisotopic (exact) mass is 701 g/mol. The van der Waals surface area contributed by atoms with Gasteiger partial charge in [0.25, 0.3) is 0 Å². The first-order valence-corrected chi connectivity index (χ1v) is 18.8. The van der Waals surface area contributed by atoms with Crippen LogP contribution in [0.5, 0.6) is 0 Å². The minimum atomic E-state index is -0.785. The van der Waals surface area contributed by atoms with E-state index in [-0.39, 0.29) is 53.5 Å². The Bertz CT molecular complexity index is 1450. The number of Topliss-reactive ketones (excluding diaryl/α,β-unsaturated/α-hetero) is 2. The third-order valence-electron chi connectivity index (χ3n) is 10.7. The predicted octanol–water partition coefficient (Wildman–Crippen LogP) is 4.08. The van der Waals surface area contributed by atoms with Crippen LogP contribution >= 0.6 is 0 Å². The molecule has 2 heterocycles. The largest absolute Gasteiger partial charge is 0.346 e. The van der Waals surface area contributed by atoms with E-state index < -0.39 is 23.9 Å². The van der Waals surface area contributed by atoms with E-state index in [4.69, 9.17) is 11.5 Å². The van der Waals surface area contributed by atoms with Crippen molar-refractivity contribution in [3.05, 3.63) is 71.8 Å². The fourth-order valence-corrected chi connectivity index (χ4v) is 7.59. The van der Waals surface area contributed by atoms with E-state index in [0.717, 1.165) is 36.8 Å². The van der Waals surface area contributed by atoms with Crippen LogP contribution in [-0.4, -0.2) is 83.9 Å². The standard InChI is InChI=1S/C41H59N5O5/c1-29(2)22-36(38(49)25-33(16-10-11-19-42)40(51)46-27-41(28-46)17-20-45(21-18-41)30(3)47)44-39(50)34(23-31-12-6-4-7-13-31)26-37(48)35(43)24-32-14-8-5-9-15-32/h4-9,12-15,29,33-36H,10-11,16-28,42-43H2,1-3H3,(H,44,50)/t33-,34-,35+,36+/m0/s1. The van der Waals surface area contributed by atoms with Gasteiger partial charge in [-0.2, -0.15) is 0 Å². The average molecular weight is 702 g/mol. The van der Waals surface area contributed by atoms with E-state index in [9.17, 15) is 24.0 Å². The quantitative estimate of drug-likeness (QED) is 0.187. The smallest absolute Gasteiger partial charge is 0.226 e. The van der Waals surface area contributed by atoms with Crippen LogP contribution in [0.25, 0.3) is 0 Å². The molecule has 10 nitrogen and oxygen atoms in total. The molecule has 278 valence electrons. The van der Waals surface area contributed by atoms with Crippen LogP contribution in [0.2, 0.25) is 0 Å². The third kappa shape index (κ3) is 11.8. The van der Waals surface area contributed by atoms with Gasteiger partial charge in [-0.1, -0.05) is 80.9 Å². The van der Waals surface area contributed by atoms with Crippen LogP contribution in [0.3, 0.4) is 0 Å². The molecular weight excluding hydrogens is 642 g/mol. The van der Waals surface area contributed by atoms with E-state index in [1.807, 2.05) is 84.3 Å². The molecule has 2 fully saturated rings. The summed E-state index contributed by atoms with van der Waals surface area (Å²) in [5.41, 5.74) is 14.0. The SMILES string of the molecule is CC(=O)N1CCC2(CC1)CN(C(=O)[C@@H](CCCCN)CC(=O)[C@@H](CC(C)C)NC(=O)[C@H](CC(=O)[C@H](N)Cc1ccccc1)Cc1ccccc1)C2. The maximum Gasteiger partial charge on any atom is 0.226 e. The first-order valence-electron chi connectivity index (χ1n) is 18.8. The summed E-state index contributed by atoms with van der Waals surface area (Å²) in [5.74, 6) is -1.76. The summed E-state index contributed by atoms with van der Waals surface area (Å²) >= 11 is 0. The van der Waals surface area contributed by atoms with E-state index in [1.165, 1.54) is 0 Å². The summed E-state index contributed by atoms with van der Waals surface area (Å²) < 4.78 is 0. The molecule has 0 bridgehead atoms. The minimum absolute atomic E-state index is 0.0189. The van der Waals surface area contributed by atoms with E-state index in [0.29, 0.717) is 58.4 Å². The lowest BCUT2D eigenvalue weighted by atomic mass is 9.71. The number of piperidine rings is 1. The van der Waals surface area contributed by atoms with Gasteiger partial charge in [-0.15, -0.1) is 0 Å². The number of hydrogen-bond acceptors (Lipinski definition) is 7. The fourth-order valence-electron chi connectivity index (χ4n) is 7.59. The number of benzene rings is 2. The number of likely N-dealkylation sites (tertiary alicyclic amines) is 2. The molecule has 0 radical (unpaired) electrons. The molecule has 2 aliphatic rings. The van der Waals surface area contributed by atoms with Crippen molar-refractivity contribution in [2.75, 3.05) is 32.7 Å². The van der Waals surface area contributed by atoms with Crippen LogP contribution in [0.15, 0.2) is 60.7 Å². The molecule has 4 atom stereocenters. The Labute approximate surface area is 304 Å². The van der Waals surface area contributed by atoms with Crippen molar-refractivity contribution < 1.29 is 24.0 Å². The highest BCUT2D eigenvalue weighted by molar-refractivity contribution is 5.95. The average Bonchev–Trinajstić information content (AvgIpc) is 3.09. The molecule has 3 amide bonds. The van der Waals surface area contributed by atoms with Gasteiger partial charge in [0.2, 0.25) is 17.7 Å². The highest BCUT2D eigenvalue weighted by atomic mass is 16.2. The number of carbonyl (C=O) groups is 5. The Balaban J connectivity index is 1.44. The predicted molar refractivity (Wildman–Crippen MR) is 199 cm³/mol. The number of nitrogens with zero attached hydrogens (tertiary/aromatic N) is 2. The molecule has 1 spiro atoms. The van der Waals surface area contributed by atoms with E-state index in [2.05, 4.69) is 5.32 Å². The highest BCUT2D eigenvalue weighted by Gasteiger charge is 2.48. The van der Waals surface area contributed by atoms with Gasteiger partial charge in [-0.25, -0.2) is 0 Å². The number of amides is 3. The number of rotatable bonds is 19.